The van der Waals surface area contributed by atoms with Crippen LogP contribution in [0.15, 0.2) is 23.0 Å². The van der Waals surface area contributed by atoms with Crippen molar-refractivity contribution in [1.29, 1.82) is 0 Å². The number of likely N-dealkylation sites (N-methyl/N-ethyl adjacent to an activating group) is 1. The molecule has 0 saturated heterocycles. The number of methoxy groups -OCH3 is 2. The topological polar surface area (TPSA) is 89.9 Å². The number of ether oxygens (including phenoxy) is 2. The van der Waals surface area contributed by atoms with Gasteiger partial charge in [0.15, 0.2) is 11.4 Å². The minimum atomic E-state index is -0.810. The molecule has 0 radical (unpaired) electrons. The number of amides is 2. The average molecular weight is 447 g/mol. The van der Waals surface area contributed by atoms with E-state index in [4.69, 9.17) is 9.47 Å². The highest BCUT2D eigenvalue weighted by atomic mass is 19.1. The second-order valence-electron chi connectivity index (χ2n) is 7.72. The lowest BCUT2D eigenvalue weighted by atomic mass is 10.1. The number of carbonyl (C=O) groups is 2. The number of nitrogens with zero attached hydrogens (tertiary/aromatic N) is 2. The molecule has 2 atom stereocenters. The zero-order chi connectivity index (χ0) is 23.2. The van der Waals surface area contributed by atoms with Crippen LogP contribution < -0.4 is 15.5 Å². The van der Waals surface area contributed by atoms with Crippen molar-refractivity contribution in [3.63, 3.8) is 0 Å². The first-order chi connectivity index (χ1) is 15.3. The number of aromatic nitrogens is 1. The van der Waals surface area contributed by atoms with E-state index in [0.29, 0.717) is 31.3 Å². The predicted octanol–water partition coefficient (Wildman–Crippen LogP) is 2.17. The van der Waals surface area contributed by atoms with Gasteiger partial charge in [-0.15, -0.1) is 0 Å². The fourth-order valence-electron chi connectivity index (χ4n) is 4.51. The Hall–Kier alpha value is -3.27. The maximum Gasteiger partial charge on any atom is 0.274 e. The van der Waals surface area contributed by atoms with Crippen molar-refractivity contribution in [2.75, 3.05) is 27.3 Å². The summed E-state index contributed by atoms with van der Waals surface area (Å²) < 4.78 is 39.6. The van der Waals surface area contributed by atoms with Gasteiger partial charge in [-0.05, 0) is 13.0 Å². The largest absolute Gasteiger partial charge is 0.491 e. The first-order valence-corrected chi connectivity index (χ1v) is 10.2. The van der Waals surface area contributed by atoms with E-state index in [9.17, 15) is 23.2 Å². The molecule has 2 aromatic rings. The van der Waals surface area contributed by atoms with Crippen LogP contribution in [0.3, 0.4) is 0 Å². The Bertz CT molecular complexity index is 1160. The van der Waals surface area contributed by atoms with Gasteiger partial charge >= 0.3 is 0 Å². The van der Waals surface area contributed by atoms with Gasteiger partial charge in [0.05, 0.1) is 18.8 Å². The monoisotopic (exact) mass is 447 g/mol. The third-order valence-electron chi connectivity index (χ3n) is 6.03. The normalized spacial score (nSPS) is 19.2. The molecule has 0 bridgehead atoms. The van der Waals surface area contributed by atoms with Crippen LogP contribution in [-0.2, 0) is 11.3 Å². The van der Waals surface area contributed by atoms with Gasteiger partial charge in [-0.3, -0.25) is 14.4 Å². The molecular weight excluding hydrogens is 424 g/mol. The van der Waals surface area contributed by atoms with Crippen LogP contribution in [0.4, 0.5) is 8.78 Å². The standard InChI is InChI=1S/C22H23F2N3O5/c1-4-26-10-13-8-15(31-2)17-16(19(28)20(32-3)18(22(26)30)27(13)17)21(29)25-9-11-5-6-12(23)7-14(11)24/h5-7,13,15H,4,8-10H2,1-3H3,(H,25,29)/t13-,15+/m1/s1. The number of hydrogen-bond donors (Lipinski definition) is 1. The number of halogens is 2. The molecular formula is C22H23F2N3O5. The second kappa shape index (κ2) is 8.34. The van der Waals surface area contributed by atoms with Crippen molar-refractivity contribution < 1.29 is 27.8 Å². The van der Waals surface area contributed by atoms with E-state index in [0.717, 1.165) is 6.07 Å². The van der Waals surface area contributed by atoms with E-state index in [2.05, 4.69) is 5.32 Å². The molecule has 0 fully saturated rings. The molecule has 1 aromatic carbocycles. The van der Waals surface area contributed by atoms with E-state index < -0.39 is 29.1 Å². The second-order valence-corrected chi connectivity index (χ2v) is 7.72. The molecule has 10 heteroatoms. The molecule has 170 valence electrons. The highest BCUT2D eigenvalue weighted by molar-refractivity contribution is 6.00. The lowest BCUT2D eigenvalue weighted by Gasteiger charge is -2.34. The van der Waals surface area contributed by atoms with E-state index in [1.807, 2.05) is 6.92 Å². The minimum absolute atomic E-state index is 0.0659. The SMILES string of the molecule is CCN1C[C@H]2C[C@H](OC)c3c(C(=O)NCc4ccc(F)cc4F)c(=O)c(OC)c(n32)C1=O. The Morgan fingerprint density at radius 3 is 2.62 bits per heavy atom. The van der Waals surface area contributed by atoms with Gasteiger partial charge < -0.3 is 24.3 Å². The Kier molecular flexibility index (Phi) is 5.72. The maximum atomic E-state index is 14.0. The van der Waals surface area contributed by atoms with E-state index in [1.54, 1.807) is 9.47 Å². The smallest absolute Gasteiger partial charge is 0.274 e. The van der Waals surface area contributed by atoms with Gasteiger partial charge in [-0.25, -0.2) is 8.78 Å². The Morgan fingerprint density at radius 1 is 1.25 bits per heavy atom. The van der Waals surface area contributed by atoms with Gasteiger partial charge in [0.2, 0.25) is 5.43 Å². The lowest BCUT2D eigenvalue weighted by Crippen LogP contribution is -2.44. The number of benzene rings is 1. The van der Waals surface area contributed by atoms with Crippen LogP contribution in [-0.4, -0.2) is 48.6 Å². The van der Waals surface area contributed by atoms with E-state index in [-0.39, 0.29) is 41.1 Å². The van der Waals surface area contributed by atoms with Crippen LogP contribution in [0, 0.1) is 11.6 Å². The van der Waals surface area contributed by atoms with Crippen molar-refractivity contribution in [2.45, 2.75) is 32.0 Å². The minimum Gasteiger partial charge on any atom is -0.491 e. The molecule has 4 rings (SSSR count). The summed E-state index contributed by atoms with van der Waals surface area (Å²) in [5.74, 6) is -2.86. The highest BCUT2D eigenvalue weighted by Gasteiger charge is 2.45. The Balaban J connectivity index is 1.81. The third kappa shape index (κ3) is 3.35. The quantitative estimate of drug-likeness (QED) is 0.733. The van der Waals surface area contributed by atoms with Crippen LogP contribution in [0.25, 0.3) is 0 Å². The summed E-state index contributed by atoms with van der Waals surface area (Å²) >= 11 is 0. The molecule has 1 aromatic heterocycles. The van der Waals surface area contributed by atoms with Crippen molar-refractivity contribution >= 4 is 11.8 Å². The number of hydrogen-bond acceptors (Lipinski definition) is 5. The molecule has 2 aliphatic heterocycles. The summed E-state index contributed by atoms with van der Waals surface area (Å²) in [4.78, 5) is 41.0. The van der Waals surface area contributed by atoms with Gasteiger partial charge in [0, 0.05) is 44.8 Å². The Labute approximate surface area is 182 Å². The summed E-state index contributed by atoms with van der Waals surface area (Å²) in [7, 11) is 2.74. The summed E-state index contributed by atoms with van der Waals surface area (Å²) in [5.41, 5.74) is -0.470. The van der Waals surface area contributed by atoms with Crippen molar-refractivity contribution in [3.05, 3.63) is 62.6 Å². The third-order valence-corrected chi connectivity index (χ3v) is 6.03. The Morgan fingerprint density at radius 2 is 2.00 bits per heavy atom. The fraction of sp³-hybridized carbons (Fsp3) is 0.409. The molecule has 0 aliphatic carbocycles. The van der Waals surface area contributed by atoms with Gasteiger partial charge in [0.1, 0.15) is 23.3 Å². The summed E-state index contributed by atoms with van der Waals surface area (Å²) in [6.07, 6.45) is -0.0995. The zero-order valence-electron chi connectivity index (χ0n) is 17.9. The number of nitrogens with one attached hydrogen (secondary N) is 1. The van der Waals surface area contributed by atoms with Crippen LogP contribution >= 0.6 is 0 Å². The first kappa shape index (κ1) is 21.9. The van der Waals surface area contributed by atoms with Crippen LogP contribution in [0.2, 0.25) is 0 Å². The molecule has 2 aliphatic rings. The van der Waals surface area contributed by atoms with Gasteiger partial charge in [0.25, 0.3) is 11.8 Å². The van der Waals surface area contributed by atoms with Gasteiger partial charge in [-0.2, -0.15) is 0 Å². The summed E-state index contributed by atoms with van der Waals surface area (Å²) in [5, 5.41) is 2.52. The van der Waals surface area contributed by atoms with E-state index in [1.165, 1.54) is 20.3 Å². The van der Waals surface area contributed by atoms with E-state index >= 15 is 0 Å². The predicted molar refractivity (Wildman–Crippen MR) is 110 cm³/mol. The summed E-state index contributed by atoms with van der Waals surface area (Å²) in [6, 6.07) is 2.83. The molecule has 1 N–H and O–H groups in total. The van der Waals surface area contributed by atoms with Crippen molar-refractivity contribution in [2.24, 2.45) is 0 Å². The number of pyridine rings is 1. The van der Waals surface area contributed by atoms with Crippen LogP contribution in [0.5, 0.6) is 5.75 Å². The molecule has 2 amide bonds. The van der Waals surface area contributed by atoms with Crippen LogP contribution in [0.1, 0.15) is 57.6 Å². The van der Waals surface area contributed by atoms with Crippen molar-refractivity contribution in [3.8, 4) is 5.75 Å². The average Bonchev–Trinajstić information content (AvgIpc) is 3.13. The number of rotatable bonds is 6. The van der Waals surface area contributed by atoms with Crippen molar-refractivity contribution in [1.82, 2.24) is 14.8 Å². The highest BCUT2D eigenvalue weighted by Crippen LogP contribution is 2.43. The fourth-order valence-corrected chi connectivity index (χ4v) is 4.51. The molecule has 0 unspecified atom stereocenters. The molecule has 0 saturated carbocycles. The molecule has 0 spiro atoms. The zero-order valence-corrected chi connectivity index (χ0v) is 17.9. The van der Waals surface area contributed by atoms with Gasteiger partial charge in [-0.1, -0.05) is 6.07 Å². The molecule has 32 heavy (non-hydrogen) atoms. The first-order valence-electron chi connectivity index (χ1n) is 10.2. The molecule has 3 heterocycles. The molecule has 8 nitrogen and oxygen atoms in total. The lowest BCUT2D eigenvalue weighted by molar-refractivity contribution is 0.0652. The number of carbonyl (C=O) groups excluding carboxylic acids is 2. The summed E-state index contributed by atoms with van der Waals surface area (Å²) in [6.45, 7) is 2.48. The maximum absolute atomic E-state index is 14.0.